The van der Waals surface area contributed by atoms with Gasteiger partial charge in [0.05, 0.1) is 18.4 Å². The molecule has 2 rings (SSSR count). The number of ether oxygens (including phenoxy) is 1. The lowest BCUT2D eigenvalue weighted by Gasteiger charge is -2.05. The number of hydrogen-bond donors (Lipinski definition) is 0. The molecule has 0 bridgehead atoms. The largest absolute Gasteiger partial charge is 0.465 e. The topological polar surface area (TPSA) is 60.4 Å². The van der Waals surface area contributed by atoms with Gasteiger partial charge >= 0.3 is 5.97 Å². The molecule has 0 aliphatic rings. The predicted octanol–water partition coefficient (Wildman–Crippen LogP) is 2.65. The number of methoxy groups -OCH3 is 1. The van der Waals surface area contributed by atoms with Gasteiger partial charge in [-0.2, -0.15) is 0 Å². The van der Waals surface area contributed by atoms with Gasteiger partial charge in [0.2, 0.25) is 0 Å². The van der Waals surface area contributed by atoms with E-state index >= 15 is 0 Å². The van der Waals surface area contributed by atoms with Crippen molar-refractivity contribution < 1.29 is 22.3 Å². The molecule has 20 heavy (non-hydrogen) atoms. The first kappa shape index (κ1) is 14.7. The normalized spacial score (nSPS) is 11.3. The van der Waals surface area contributed by atoms with E-state index in [4.69, 9.17) is 0 Å². The summed E-state index contributed by atoms with van der Waals surface area (Å²) in [6.07, 6.45) is 0. The predicted molar refractivity (Wildman–Crippen MR) is 72.9 cm³/mol. The number of carbonyl (C=O) groups excluding carboxylic acids is 1. The highest BCUT2D eigenvalue weighted by atomic mass is 32.2. The van der Waals surface area contributed by atoms with E-state index in [9.17, 15) is 17.6 Å². The highest BCUT2D eigenvalue weighted by Gasteiger charge is 2.18. The Bertz CT molecular complexity index is 721. The molecule has 0 fully saturated rings. The van der Waals surface area contributed by atoms with E-state index in [1.165, 1.54) is 18.2 Å². The van der Waals surface area contributed by atoms with Gasteiger partial charge in [-0.05, 0) is 29.1 Å². The van der Waals surface area contributed by atoms with Crippen LogP contribution in [0.2, 0.25) is 0 Å². The summed E-state index contributed by atoms with van der Waals surface area (Å²) in [6, 6.07) is 6.80. The molecule has 0 amide bonds. The van der Waals surface area contributed by atoms with Gasteiger partial charge in [-0.25, -0.2) is 17.6 Å². The maximum atomic E-state index is 13.7. The van der Waals surface area contributed by atoms with Crippen molar-refractivity contribution in [1.29, 1.82) is 0 Å². The van der Waals surface area contributed by atoms with Crippen molar-refractivity contribution in [2.45, 2.75) is 9.96 Å². The van der Waals surface area contributed by atoms with Crippen LogP contribution in [0.1, 0.15) is 15.9 Å². The van der Waals surface area contributed by atoms with Crippen LogP contribution < -0.4 is 0 Å². The molecule has 0 spiro atoms. The molecular formula is C13H11FO4S2. The molecule has 0 atom stereocenters. The third kappa shape index (κ3) is 3.05. The summed E-state index contributed by atoms with van der Waals surface area (Å²) in [7, 11) is -2.34. The maximum Gasteiger partial charge on any atom is 0.340 e. The van der Waals surface area contributed by atoms with E-state index in [2.05, 4.69) is 4.74 Å². The van der Waals surface area contributed by atoms with Crippen LogP contribution in [-0.4, -0.2) is 21.5 Å². The summed E-state index contributed by atoms with van der Waals surface area (Å²) in [5.41, 5.74) is 0.0633. The van der Waals surface area contributed by atoms with Crippen LogP contribution in [0, 0.1) is 5.82 Å². The van der Waals surface area contributed by atoms with E-state index in [1.807, 2.05) is 0 Å². The number of esters is 1. The van der Waals surface area contributed by atoms with Crippen molar-refractivity contribution in [3.05, 3.63) is 52.7 Å². The second kappa shape index (κ2) is 5.72. The summed E-state index contributed by atoms with van der Waals surface area (Å²) < 4.78 is 42.5. The number of halogens is 1. The molecule has 1 heterocycles. The van der Waals surface area contributed by atoms with Crippen LogP contribution in [0.15, 0.2) is 39.9 Å². The summed E-state index contributed by atoms with van der Waals surface area (Å²) in [5, 5.41) is 1.66. The third-order valence-corrected chi connectivity index (χ3v) is 5.77. The van der Waals surface area contributed by atoms with Crippen molar-refractivity contribution in [2.24, 2.45) is 0 Å². The van der Waals surface area contributed by atoms with Crippen molar-refractivity contribution in [3.63, 3.8) is 0 Å². The molecule has 0 saturated carbocycles. The Hall–Kier alpha value is -1.73. The molecular weight excluding hydrogens is 303 g/mol. The zero-order valence-electron chi connectivity index (χ0n) is 10.5. The fourth-order valence-corrected chi connectivity index (χ4v) is 4.08. The zero-order valence-corrected chi connectivity index (χ0v) is 12.1. The standard InChI is InChI=1S/C13H11FO4S2/c1-18-13(15)10-5-4-9(7-11(10)14)8-20(16,17)12-3-2-6-19-12/h2-7H,8H2,1H3. The van der Waals surface area contributed by atoms with Gasteiger partial charge in [0.25, 0.3) is 0 Å². The van der Waals surface area contributed by atoms with Gasteiger partial charge < -0.3 is 4.74 Å². The lowest BCUT2D eigenvalue weighted by atomic mass is 10.1. The van der Waals surface area contributed by atoms with E-state index in [0.29, 0.717) is 0 Å². The SMILES string of the molecule is COC(=O)c1ccc(CS(=O)(=O)c2cccs2)cc1F. The van der Waals surface area contributed by atoms with Crippen molar-refractivity contribution >= 4 is 27.1 Å². The van der Waals surface area contributed by atoms with Gasteiger partial charge in [0, 0.05) is 0 Å². The Labute approximate surface area is 119 Å². The molecule has 7 heteroatoms. The summed E-state index contributed by atoms with van der Waals surface area (Å²) >= 11 is 1.11. The quantitative estimate of drug-likeness (QED) is 0.814. The van der Waals surface area contributed by atoms with Crippen molar-refractivity contribution in [3.8, 4) is 0 Å². The molecule has 0 radical (unpaired) electrons. The molecule has 2 aromatic rings. The molecule has 0 aliphatic carbocycles. The van der Waals surface area contributed by atoms with E-state index < -0.39 is 21.6 Å². The Morgan fingerprint density at radius 2 is 2.10 bits per heavy atom. The van der Waals surface area contributed by atoms with Crippen LogP contribution in [0.5, 0.6) is 0 Å². The van der Waals surface area contributed by atoms with E-state index in [0.717, 1.165) is 24.5 Å². The molecule has 0 N–H and O–H groups in total. The number of carbonyl (C=O) groups is 1. The Morgan fingerprint density at radius 1 is 1.35 bits per heavy atom. The van der Waals surface area contributed by atoms with Crippen LogP contribution in [0.25, 0.3) is 0 Å². The summed E-state index contributed by atoms with van der Waals surface area (Å²) in [5.74, 6) is -1.91. The highest BCUT2D eigenvalue weighted by molar-refractivity contribution is 7.92. The van der Waals surface area contributed by atoms with Crippen LogP contribution >= 0.6 is 11.3 Å². The highest BCUT2D eigenvalue weighted by Crippen LogP contribution is 2.22. The summed E-state index contributed by atoms with van der Waals surface area (Å²) in [4.78, 5) is 11.2. The second-order valence-electron chi connectivity index (χ2n) is 4.00. The maximum absolute atomic E-state index is 13.7. The Balaban J connectivity index is 2.28. The molecule has 0 aliphatic heterocycles. The first-order valence-electron chi connectivity index (χ1n) is 5.57. The van der Waals surface area contributed by atoms with Crippen molar-refractivity contribution in [2.75, 3.05) is 7.11 Å². The fourth-order valence-electron chi connectivity index (χ4n) is 1.65. The lowest BCUT2D eigenvalue weighted by Crippen LogP contribution is -2.07. The summed E-state index contributed by atoms with van der Waals surface area (Å²) in [6.45, 7) is 0. The fraction of sp³-hybridized carbons (Fsp3) is 0.154. The average molecular weight is 314 g/mol. The number of rotatable bonds is 4. The number of hydrogen-bond acceptors (Lipinski definition) is 5. The van der Waals surface area contributed by atoms with Gasteiger partial charge in [0.15, 0.2) is 9.84 Å². The molecule has 0 unspecified atom stereocenters. The third-order valence-electron chi connectivity index (χ3n) is 2.60. The van der Waals surface area contributed by atoms with Crippen molar-refractivity contribution in [1.82, 2.24) is 0 Å². The second-order valence-corrected chi connectivity index (χ2v) is 7.16. The van der Waals surface area contributed by atoms with E-state index in [-0.39, 0.29) is 21.1 Å². The van der Waals surface area contributed by atoms with Crippen LogP contribution in [-0.2, 0) is 20.3 Å². The minimum Gasteiger partial charge on any atom is -0.465 e. The van der Waals surface area contributed by atoms with Crippen LogP contribution in [0.3, 0.4) is 0 Å². The van der Waals surface area contributed by atoms with Gasteiger partial charge in [-0.1, -0.05) is 12.1 Å². The molecule has 4 nitrogen and oxygen atoms in total. The van der Waals surface area contributed by atoms with E-state index in [1.54, 1.807) is 11.4 Å². The van der Waals surface area contributed by atoms with Gasteiger partial charge in [-0.15, -0.1) is 11.3 Å². The smallest absolute Gasteiger partial charge is 0.340 e. The molecule has 1 aromatic carbocycles. The average Bonchev–Trinajstić information content (AvgIpc) is 2.92. The number of thiophene rings is 1. The Morgan fingerprint density at radius 3 is 2.65 bits per heavy atom. The molecule has 1 aromatic heterocycles. The first-order chi connectivity index (χ1) is 9.44. The van der Waals surface area contributed by atoms with Gasteiger partial charge in [0.1, 0.15) is 10.0 Å². The molecule has 0 saturated heterocycles. The molecule has 106 valence electrons. The monoisotopic (exact) mass is 314 g/mol. The number of sulfone groups is 1. The van der Waals surface area contributed by atoms with Gasteiger partial charge in [-0.3, -0.25) is 0 Å². The lowest BCUT2D eigenvalue weighted by molar-refractivity contribution is 0.0595. The first-order valence-corrected chi connectivity index (χ1v) is 8.10. The minimum atomic E-state index is -3.49. The zero-order chi connectivity index (χ0) is 14.8. The minimum absolute atomic E-state index is 0.218. The Kier molecular flexibility index (Phi) is 4.20. The van der Waals surface area contributed by atoms with Crippen LogP contribution in [0.4, 0.5) is 4.39 Å². The number of benzene rings is 1.